The lowest BCUT2D eigenvalue weighted by atomic mass is 10.2. The minimum absolute atomic E-state index is 0. The van der Waals surface area contributed by atoms with Crippen LogP contribution in [0.5, 0.6) is 0 Å². The highest BCUT2D eigenvalue weighted by molar-refractivity contribution is 5.83. The van der Waals surface area contributed by atoms with Crippen molar-refractivity contribution in [3.05, 3.63) is 59.7 Å². The number of hydrogen-bond donors (Lipinski definition) is 2. The molecular weight excluding hydrogens is 268 g/mol. The molecule has 2 bridgehead atoms. The van der Waals surface area contributed by atoms with Crippen LogP contribution in [0.3, 0.4) is 0 Å². The number of rotatable bonds is 0. The topological polar surface area (TPSA) is 103 Å². The summed E-state index contributed by atoms with van der Waals surface area (Å²) < 4.78 is 0.843. The van der Waals surface area contributed by atoms with Gasteiger partial charge in [0.15, 0.2) is 0 Å². The summed E-state index contributed by atoms with van der Waals surface area (Å²) in [5.74, 6) is 0. The van der Waals surface area contributed by atoms with Gasteiger partial charge in [-0.05, 0) is 36.1 Å². The van der Waals surface area contributed by atoms with E-state index in [0.717, 1.165) is 4.68 Å². The maximum atomic E-state index is 10.5. The van der Waals surface area contributed by atoms with Crippen LogP contribution in [0.4, 0.5) is 4.79 Å². The highest BCUT2D eigenvalue weighted by atomic mass is 16.4. The standard InChI is InChI=1S/C8H8.C7H5N3O2.H3N/c1-2-7-4-5-8(3-1)6-7;11-7(12)10-6-4-2-1-3-5(6)8-9-10;/h1-3,6H,4-5H2;1-4H,(H,11,12);1H3. The molecule has 0 saturated heterocycles. The van der Waals surface area contributed by atoms with Crippen LogP contribution in [0.15, 0.2) is 48.5 Å². The zero-order valence-corrected chi connectivity index (χ0v) is 11.4. The molecule has 0 aliphatic heterocycles. The van der Waals surface area contributed by atoms with Gasteiger partial charge in [-0.15, -0.1) is 9.78 Å². The number of aromatic nitrogens is 3. The first-order valence-electron chi connectivity index (χ1n) is 6.35. The Labute approximate surface area is 121 Å². The second-order valence-electron chi connectivity index (χ2n) is 4.59. The second kappa shape index (κ2) is 6.15. The highest BCUT2D eigenvalue weighted by Crippen LogP contribution is 2.15. The quantitative estimate of drug-likeness (QED) is 0.660. The molecule has 0 fully saturated rings. The summed E-state index contributed by atoms with van der Waals surface area (Å²) in [6.45, 7) is 0. The van der Waals surface area contributed by atoms with Crippen molar-refractivity contribution >= 4 is 17.1 Å². The zero-order chi connectivity index (χ0) is 13.9. The summed E-state index contributed by atoms with van der Waals surface area (Å²) in [6.07, 6.45) is 1.41. The van der Waals surface area contributed by atoms with Crippen LogP contribution in [0.1, 0.15) is 11.1 Å². The van der Waals surface area contributed by atoms with Crippen molar-refractivity contribution < 1.29 is 9.90 Å². The molecule has 0 spiro atoms. The fraction of sp³-hybridized carbons (Fsp3) is 0.133. The van der Waals surface area contributed by atoms with Crippen molar-refractivity contribution in [1.82, 2.24) is 21.1 Å². The predicted molar refractivity (Wildman–Crippen MR) is 79.8 cm³/mol. The van der Waals surface area contributed by atoms with Gasteiger partial charge in [0.05, 0.1) is 0 Å². The molecule has 0 radical (unpaired) electrons. The lowest BCUT2D eigenvalue weighted by Gasteiger charge is -1.90. The van der Waals surface area contributed by atoms with E-state index >= 15 is 0 Å². The molecular formula is C15H16N4O2. The molecule has 1 heterocycles. The molecule has 4 N–H and O–H groups in total. The molecule has 108 valence electrons. The maximum absolute atomic E-state index is 10.5. The zero-order valence-electron chi connectivity index (χ0n) is 11.4. The number of carboxylic acid groups (broad SMARTS) is 1. The second-order valence-corrected chi connectivity index (χ2v) is 4.59. The maximum Gasteiger partial charge on any atom is 0.434 e. The van der Waals surface area contributed by atoms with Crippen molar-refractivity contribution in [2.24, 2.45) is 0 Å². The number of benzene rings is 2. The first-order chi connectivity index (χ1) is 9.74. The van der Waals surface area contributed by atoms with Gasteiger partial charge in [-0.2, -0.15) is 0 Å². The predicted octanol–water partition coefficient (Wildman–Crippen LogP) is 2.90. The minimum atomic E-state index is -1.12. The Morgan fingerprint density at radius 3 is 2.33 bits per heavy atom. The Bertz CT molecular complexity index is 748. The molecule has 2 aromatic carbocycles. The monoisotopic (exact) mass is 284 g/mol. The van der Waals surface area contributed by atoms with Crippen molar-refractivity contribution in [3.8, 4) is 0 Å². The van der Waals surface area contributed by atoms with Gasteiger partial charge in [0.2, 0.25) is 0 Å². The first kappa shape index (κ1) is 14.7. The van der Waals surface area contributed by atoms with E-state index in [1.54, 1.807) is 24.3 Å². The van der Waals surface area contributed by atoms with Crippen molar-refractivity contribution in [2.75, 3.05) is 0 Å². The van der Waals surface area contributed by atoms with Gasteiger partial charge < -0.3 is 11.3 Å². The summed E-state index contributed by atoms with van der Waals surface area (Å²) >= 11 is 0. The molecule has 6 heteroatoms. The van der Waals surface area contributed by atoms with Gasteiger partial charge in [-0.1, -0.05) is 41.6 Å². The normalized spacial score (nSPS) is 11.4. The molecule has 0 amide bonds. The molecule has 1 aromatic heterocycles. The Balaban J connectivity index is 0.000000157. The van der Waals surface area contributed by atoms with Crippen LogP contribution in [0, 0.1) is 0 Å². The Morgan fingerprint density at radius 2 is 1.71 bits per heavy atom. The van der Waals surface area contributed by atoms with Crippen LogP contribution in [-0.4, -0.2) is 26.2 Å². The first-order valence-corrected chi connectivity index (χ1v) is 6.35. The van der Waals surface area contributed by atoms with E-state index in [0.29, 0.717) is 11.0 Å². The van der Waals surface area contributed by atoms with Gasteiger partial charge in [0.1, 0.15) is 11.0 Å². The van der Waals surface area contributed by atoms with Gasteiger partial charge >= 0.3 is 6.09 Å². The van der Waals surface area contributed by atoms with Gasteiger partial charge in [-0.25, -0.2) is 4.79 Å². The number of aryl methyl sites for hydroxylation is 2. The molecule has 0 unspecified atom stereocenters. The molecule has 21 heavy (non-hydrogen) atoms. The number of nitrogens with zero attached hydrogens (tertiary/aromatic N) is 3. The van der Waals surface area contributed by atoms with E-state index in [1.807, 2.05) is 0 Å². The summed E-state index contributed by atoms with van der Waals surface area (Å²) in [4.78, 5) is 10.5. The molecule has 3 aromatic rings. The fourth-order valence-electron chi connectivity index (χ4n) is 2.24. The van der Waals surface area contributed by atoms with E-state index in [1.165, 1.54) is 24.0 Å². The van der Waals surface area contributed by atoms with Crippen LogP contribution < -0.4 is 6.15 Å². The minimum Gasteiger partial charge on any atom is -0.463 e. The summed E-state index contributed by atoms with van der Waals surface area (Å²) in [6, 6.07) is 15.7. The molecule has 0 saturated carbocycles. The van der Waals surface area contributed by atoms with E-state index in [2.05, 4.69) is 34.6 Å². The Morgan fingerprint density at radius 1 is 1.05 bits per heavy atom. The Hall–Kier alpha value is -2.73. The van der Waals surface area contributed by atoms with E-state index < -0.39 is 6.09 Å². The SMILES string of the molecule is N.O=C(O)n1nnc2ccccc21.c1cc2cc(c1)CC2. The summed E-state index contributed by atoms with van der Waals surface area (Å²) in [5.41, 5.74) is 4.09. The van der Waals surface area contributed by atoms with Crippen LogP contribution in [-0.2, 0) is 12.8 Å². The molecule has 6 nitrogen and oxygen atoms in total. The average molecular weight is 284 g/mol. The smallest absolute Gasteiger partial charge is 0.434 e. The van der Waals surface area contributed by atoms with Gasteiger partial charge in [0, 0.05) is 0 Å². The van der Waals surface area contributed by atoms with E-state index in [9.17, 15) is 4.79 Å². The van der Waals surface area contributed by atoms with Gasteiger partial charge in [-0.3, -0.25) is 0 Å². The molecule has 4 rings (SSSR count). The third-order valence-corrected chi connectivity index (χ3v) is 3.23. The van der Waals surface area contributed by atoms with Crippen LogP contribution >= 0.6 is 0 Å². The fourth-order valence-corrected chi connectivity index (χ4v) is 2.24. The lowest BCUT2D eigenvalue weighted by Crippen LogP contribution is -2.09. The van der Waals surface area contributed by atoms with Crippen LogP contribution in [0.2, 0.25) is 0 Å². The Kier molecular flexibility index (Phi) is 4.30. The van der Waals surface area contributed by atoms with Gasteiger partial charge in [0.25, 0.3) is 0 Å². The summed E-state index contributed by atoms with van der Waals surface area (Å²) in [5, 5.41) is 15.8. The molecule has 1 aliphatic carbocycles. The van der Waals surface area contributed by atoms with E-state index in [-0.39, 0.29) is 6.15 Å². The average Bonchev–Trinajstić information content (AvgIpc) is 3.03. The highest BCUT2D eigenvalue weighted by Gasteiger charge is 2.07. The molecule has 1 aliphatic rings. The third kappa shape index (κ3) is 3.06. The number of hydrogen-bond acceptors (Lipinski definition) is 4. The lowest BCUT2D eigenvalue weighted by molar-refractivity contribution is 0.193. The largest absolute Gasteiger partial charge is 0.463 e. The number of para-hydroxylation sites is 1. The van der Waals surface area contributed by atoms with Crippen molar-refractivity contribution in [3.63, 3.8) is 0 Å². The molecule has 0 atom stereocenters. The van der Waals surface area contributed by atoms with Crippen LogP contribution in [0.25, 0.3) is 11.0 Å². The number of carbonyl (C=O) groups is 1. The number of fused-ring (bicyclic) bond motifs is 3. The third-order valence-electron chi connectivity index (χ3n) is 3.23. The van der Waals surface area contributed by atoms with E-state index in [4.69, 9.17) is 5.11 Å². The van der Waals surface area contributed by atoms with Crippen molar-refractivity contribution in [1.29, 1.82) is 0 Å². The summed E-state index contributed by atoms with van der Waals surface area (Å²) in [7, 11) is 0. The van der Waals surface area contributed by atoms with Crippen molar-refractivity contribution in [2.45, 2.75) is 12.8 Å².